The summed E-state index contributed by atoms with van der Waals surface area (Å²) in [5.41, 5.74) is 2.01. The van der Waals surface area contributed by atoms with Crippen molar-refractivity contribution in [2.24, 2.45) is 0 Å². The molecule has 0 bridgehead atoms. The van der Waals surface area contributed by atoms with E-state index in [0.29, 0.717) is 11.6 Å². The minimum atomic E-state index is -0.0558. The lowest BCUT2D eigenvalue weighted by Gasteiger charge is -2.15. The van der Waals surface area contributed by atoms with Gasteiger partial charge in [-0.05, 0) is 36.2 Å². The van der Waals surface area contributed by atoms with E-state index in [2.05, 4.69) is 10.6 Å². The smallest absolute Gasteiger partial charge is 0.234 e. The molecule has 2 aromatic carbocycles. The number of carbonyl (C=O) groups excluding carboxylic acids is 1. The third kappa shape index (κ3) is 5.27. The molecule has 0 aromatic heterocycles. The maximum atomic E-state index is 11.9. The molecule has 0 spiro atoms. The van der Waals surface area contributed by atoms with E-state index >= 15 is 0 Å². The molecule has 0 fully saturated rings. The van der Waals surface area contributed by atoms with E-state index in [1.54, 1.807) is 7.11 Å². The zero-order chi connectivity index (χ0) is 16.7. The second-order valence-electron chi connectivity index (χ2n) is 5.25. The third-order valence-electron chi connectivity index (χ3n) is 3.59. The highest BCUT2D eigenvalue weighted by molar-refractivity contribution is 6.31. The standard InChI is InChI=1S/C18H21ClN2O2/c1-13(16-5-3-4-6-17(16)19)20-12-18(22)21-11-14-7-9-15(23-2)10-8-14/h3-10,13,20H,11-12H2,1-2H3,(H,21,22). The second kappa shape index (κ2) is 8.56. The van der Waals surface area contributed by atoms with Gasteiger partial charge in [0.25, 0.3) is 0 Å². The molecule has 2 N–H and O–H groups in total. The first kappa shape index (κ1) is 17.3. The van der Waals surface area contributed by atoms with Gasteiger partial charge in [0.15, 0.2) is 0 Å². The van der Waals surface area contributed by atoms with Gasteiger partial charge >= 0.3 is 0 Å². The van der Waals surface area contributed by atoms with Crippen molar-refractivity contribution >= 4 is 17.5 Å². The molecule has 122 valence electrons. The van der Waals surface area contributed by atoms with E-state index in [4.69, 9.17) is 16.3 Å². The minimum absolute atomic E-state index is 0.00966. The first-order chi connectivity index (χ1) is 11.1. The van der Waals surface area contributed by atoms with Crippen LogP contribution in [-0.4, -0.2) is 19.6 Å². The van der Waals surface area contributed by atoms with Crippen LogP contribution in [0.25, 0.3) is 0 Å². The van der Waals surface area contributed by atoms with E-state index < -0.39 is 0 Å². The van der Waals surface area contributed by atoms with Gasteiger partial charge in [0.2, 0.25) is 5.91 Å². The molecule has 0 radical (unpaired) electrons. The summed E-state index contributed by atoms with van der Waals surface area (Å²) in [4.78, 5) is 11.9. The molecule has 2 aromatic rings. The molecule has 0 saturated heterocycles. The lowest BCUT2D eigenvalue weighted by Crippen LogP contribution is -2.34. The van der Waals surface area contributed by atoms with Gasteiger partial charge in [0, 0.05) is 17.6 Å². The predicted molar refractivity (Wildman–Crippen MR) is 92.7 cm³/mol. The summed E-state index contributed by atoms with van der Waals surface area (Å²) < 4.78 is 5.10. The number of hydrogen-bond donors (Lipinski definition) is 2. The van der Waals surface area contributed by atoms with Gasteiger partial charge in [-0.25, -0.2) is 0 Å². The number of ether oxygens (including phenoxy) is 1. The van der Waals surface area contributed by atoms with Gasteiger partial charge in [0.05, 0.1) is 13.7 Å². The summed E-state index contributed by atoms with van der Waals surface area (Å²) in [5, 5.41) is 6.76. The molecular formula is C18H21ClN2O2. The lowest BCUT2D eigenvalue weighted by atomic mass is 10.1. The van der Waals surface area contributed by atoms with E-state index in [1.807, 2.05) is 55.5 Å². The van der Waals surface area contributed by atoms with Crippen LogP contribution in [0.1, 0.15) is 24.1 Å². The monoisotopic (exact) mass is 332 g/mol. The van der Waals surface area contributed by atoms with Gasteiger partial charge in [-0.15, -0.1) is 0 Å². The van der Waals surface area contributed by atoms with Crippen LogP contribution >= 0.6 is 11.6 Å². The molecule has 0 aliphatic heterocycles. The largest absolute Gasteiger partial charge is 0.497 e. The molecule has 4 nitrogen and oxygen atoms in total. The number of nitrogens with one attached hydrogen (secondary N) is 2. The topological polar surface area (TPSA) is 50.4 Å². The lowest BCUT2D eigenvalue weighted by molar-refractivity contribution is -0.120. The number of rotatable bonds is 7. The van der Waals surface area contributed by atoms with Crippen LogP contribution in [-0.2, 0) is 11.3 Å². The van der Waals surface area contributed by atoms with Crippen molar-refractivity contribution in [3.63, 3.8) is 0 Å². The van der Waals surface area contributed by atoms with Gasteiger partial charge < -0.3 is 15.4 Å². The van der Waals surface area contributed by atoms with Crippen molar-refractivity contribution < 1.29 is 9.53 Å². The third-order valence-corrected chi connectivity index (χ3v) is 3.93. The van der Waals surface area contributed by atoms with E-state index in [-0.39, 0.29) is 18.5 Å². The van der Waals surface area contributed by atoms with Crippen molar-refractivity contribution in [3.8, 4) is 5.75 Å². The summed E-state index contributed by atoms with van der Waals surface area (Å²) >= 11 is 6.15. The van der Waals surface area contributed by atoms with E-state index in [9.17, 15) is 4.79 Å². The minimum Gasteiger partial charge on any atom is -0.497 e. The highest BCUT2D eigenvalue weighted by Gasteiger charge is 2.10. The highest BCUT2D eigenvalue weighted by Crippen LogP contribution is 2.21. The van der Waals surface area contributed by atoms with Crippen LogP contribution in [0.5, 0.6) is 5.75 Å². The Bertz CT molecular complexity index is 644. The first-order valence-corrected chi connectivity index (χ1v) is 7.85. The quantitative estimate of drug-likeness (QED) is 0.817. The van der Waals surface area contributed by atoms with Gasteiger partial charge in [0.1, 0.15) is 5.75 Å². The van der Waals surface area contributed by atoms with Gasteiger partial charge in [-0.3, -0.25) is 4.79 Å². The molecule has 0 heterocycles. The number of methoxy groups -OCH3 is 1. The Labute approximate surface area is 141 Å². The fraction of sp³-hybridized carbons (Fsp3) is 0.278. The SMILES string of the molecule is COc1ccc(CNC(=O)CNC(C)c2ccccc2Cl)cc1. The van der Waals surface area contributed by atoms with Crippen LogP contribution in [0.15, 0.2) is 48.5 Å². The molecule has 1 unspecified atom stereocenters. The molecule has 1 amide bonds. The number of benzene rings is 2. The Hall–Kier alpha value is -2.04. The molecule has 0 saturated carbocycles. The molecular weight excluding hydrogens is 312 g/mol. The summed E-state index contributed by atoms with van der Waals surface area (Å²) in [5.74, 6) is 0.745. The van der Waals surface area contributed by atoms with Crippen molar-refractivity contribution in [1.29, 1.82) is 0 Å². The zero-order valence-electron chi connectivity index (χ0n) is 13.3. The van der Waals surface area contributed by atoms with Crippen molar-refractivity contribution in [1.82, 2.24) is 10.6 Å². The molecule has 0 aliphatic carbocycles. The molecule has 5 heteroatoms. The molecule has 1 atom stereocenters. The maximum Gasteiger partial charge on any atom is 0.234 e. The fourth-order valence-corrected chi connectivity index (χ4v) is 2.49. The second-order valence-corrected chi connectivity index (χ2v) is 5.66. The van der Waals surface area contributed by atoms with Crippen LogP contribution in [0, 0.1) is 0 Å². The molecule has 0 aliphatic rings. The average molecular weight is 333 g/mol. The average Bonchev–Trinajstić information content (AvgIpc) is 2.58. The highest BCUT2D eigenvalue weighted by atomic mass is 35.5. The summed E-state index contributed by atoms with van der Waals surface area (Å²) in [6, 6.07) is 15.2. The van der Waals surface area contributed by atoms with Crippen LogP contribution < -0.4 is 15.4 Å². The van der Waals surface area contributed by atoms with Crippen molar-refractivity contribution in [3.05, 3.63) is 64.7 Å². The van der Waals surface area contributed by atoms with Crippen LogP contribution in [0.4, 0.5) is 0 Å². The number of hydrogen-bond acceptors (Lipinski definition) is 3. The number of amides is 1. The molecule has 23 heavy (non-hydrogen) atoms. The Morgan fingerprint density at radius 2 is 1.87 bits per heavy atom. The van der Waals surface area contributed by atoms with E-state index in [0.717, 1.165) is 16.9 Å². The summed E-state index contributed by atoms with van der Waals surface area (Å²) in [7, 11) is 1.63. The number of halogens is 1. The van der Waals surface area contributed by atoms with Gasteiger partial charge in [-0.1, -0.05) is 41.9 Å². The summed E-state index contributed by atoms with van der Waals surface area (Å²) in [6.45, 7) is 2.71. The predicted octanol–water partition coefficient (Wildman–Crippen LogP) is 3.32. The van der Waals surface area contributed by atoms with Gasteiger partial charge in [-0.2, -0.15) is 0 Å². The Balaban J connectivity index is 1.77. The Morgan fingerprint density at radius 1 is 1.17 bits per heavy atom. The number of carbonyl (C=O) groups is 1. The van der Waals surface area contributed by atoms with Crippen molar-refractivity contribution in [2.75, 3.05) is 13.7 Å². The summed E-state index contributed by atoms with van der Waals surface area (Å²) in [6.07, 6.45) is 0. The Morgan fingerprint density at radius 3 is 2.52 bits per heavy atom. The van der Waals surface area contributed by atoms with E-state index in [1.165, 1.54) is 0 Å². The fourth-order valence-electron chi connectivity index (χ4n) is 2.19. The first-order valence-electron chi connectivity index (χ1n) is 7.47. The normalized spacial score (nSPS) is 11.8. The molecule has 2 rings (SSSR count). The van der Waals surface area contributed by atoms with Crippen LogP contribution in [0.2, 0.25) is 5.02 Å². The Kier molecular flexibility index (Phi) is 6.44. The van der Waals surface area contributed by atoms with Crippen molar-refractivity contribution in [2.45, 2.75) is 19.5 Å². The van der Waals surface area contributed by atoms with Crippen LogP contribution in [0.3, 0.4) is 0 Å². The zero-order valence-corrected chi connectivity index (χ0v) is 14.1. The maximum absolute atomic E-state index is 11.9.